The first-order valence-electron chi connectivity index (χ1n) is 8.48. The number of halogens is 1. The maximum Gasteiger partial charge on any atom is 0.0722 e. The fourth-order valence-electron chi connectivity index (χ4n) is 3.04. The van der Waals surface area contributed by atoms with E-state index in [0.717, 1.165) is 17.9 Å². The Balaban J connectivity index is 2.08. The molecule has 3 rings (SSSR count). The van der Waals surface area contributed by atoms with E-state index in [1.54, 1.807) is 0 Å². The highest BCUT2D eigenvalue weighted by Gasteiger charge is 2.17. The third-order valence-electron chi connectivity index (χ3n) is 4.34. The van der Waals surface area contributed by atoms with Crippen molar-refractivity contribution in [3.05, 3.63) is 70.9 Å². The quantitative estimate of drug-likeness (QED) is 0.397. The zero-order valence-electron chi connectivity index (χ0n) is 14.2. The van der Waals surface area contributed by atoms with Crippen LogP contribution in [-0.2, 0) is 7.05 Å². The SMILES string of the molecule is CCCCC#CC(c1ccc(Cl)cc1)c1cn(C)c2ccccc12. The zero-order chi connectivity index (χ0) is 16.9. The Bertz CT molecular complexity index is 878. The second-order valence-corrected chi connectivity index (χ2v) is 6.56. The van der Waals surface area contributed by atoms with Crippen LogP contribution in [0.25, 0.3) is 10.9 Å². The van der Waals surface area contributed by atoms with Gasteiger partial charge < -0.3 is 4.57 Å². The molecule has 24 heavy (non-hydrogen) atoms. The first-order chi connectivity index (χ1) is 11.7. The summed E-state index contributed by atoms with van der Waals surface area (Å²) < 4.78 is 2.18. The van der Waals surface area contributed by atoms with E-state index in [1.807, 2.05) is 12.1 Å². The van der Waals surface area contributed by atoms with Crippen molar-refractivity contribution >= 4 is 22.5 Å². The van der Waals surface area contributed by atoms with Crippen LogP contribution in [0.4, 0.5) is 0 Å². The number of hydrogen-bond donors (Lipinski definition) is 0. The third-order valence-corrected chi connectivity index (χ3v) is 4.60. The summed E-state index contributed by atoms with van der Waals surface area (Å²) in [5, 5.41) is 2.03. The zero-order valence-corrected chi connectivity index (χ0v) is 15.0. The molecule has 1 atom stereocenters. The molecule has 1 heterocycles. The van der Waals surface area contributed by atoms with Crippen LogP contribution in [-0.4, -0.2) is 4.57 Å². The predicted octanol–water partition coefficient (Wildman–Crippen LogP) is 6.16. The van der Waals surface area contributed by atoms with Gasteiger partial charge in [0.1, 0.15) is 0 Å². The van der Waals surface area contributed by atoms with Crippen molar-refractivity contribution in [2.45, 2.75) is 32.1 Å². The number of para-hydroxylation sites is 1. The summed E-state index contributed by atoms with van der Waals surface area (Å²) in [6.07, 6.45) is 5.48. The molecule has 3 aromatic rings. The summed E-state index contributed by atoms with van der Waals surface area (Å²) in [5.74, 6) is 6.96. The smallest absolute Gasteiger partial charge is 0.0722 e. The first kappa shape index (κ1) is 16.7. The van der Waals surface area contributed by atoms with E-state index in [2.05, 4.69) is 73.0 Å². The van der Waals surface area contributed by atoms with Crippen molar-refractivity contribution in [1.29, 1.82) is 0 Å². The van der Waals surface area contributed by atoms with E-state index in [9.17, 15) is 0 Å². The molecule has 0 N–H and O–H groups in total. The second-order valence-electron chi connectivity index (χ2n) is 6.12. The van der Waals surface area contributed by atoms with Crippen LogP contribution in [0.1, 0.15) is 43.2 Å². The lowest BCUT2D eigenvalue weighted by molar-refractivity contribution is 0.826. The van der Waals surface area contributed by atoms with Gasteiger partial charge in [0, 0.05) is 35.6 Å². The monoisotopic (exact) mass is 335 g/mol. The van der Waals surface area contributed by atoms with E-state index < -0.39 is 0 Å². The van der Waals surface area contributed by atoms with Crippen LogP contribution in [0.5, 0.6) is 0 Å². The fourth-order valence-corrected chi connectivity index (χ4v) is 3.16. The molecule has 1 unspecified atom stereocenters. The van der Waals surface area contributed by atoms with Gasteiger partial charge in [-0.05, 0) is 35.7 Å². The summed E-state index contributed by atoms with van der Waals surface area (Å²) in [5.41, 5.74) is 3.70. The standard InChI is InChI=1S/C22H22ClN/c1-3-4-5-6-9-19(17-12-14-18(23)15-13-17)21-16-24(2)22-11-8-7-10-20(21)22/h7-8,10-16,19H,3-5H2,1-2H3. The molecule has 0 aliphatic carbocycles. The molecular weight excluding hydrogens is 314 g/mol. The van der Waals surface area contributed by atoms with Crippen molar-refractivity contribution in [3.8, 4) is 11.8 Å². The second kappa shape index (κ2) is 7.60. The Morgan fingerprint density at radius 1 is 1.08 bits per heavy atom. The number of aromatic nitrogens is 1. The highest BCUT2D eigenvalue weighted by molar-refractivity contribution is 6.30. The summed E-state index contributed by atoms with van der Waals surface area (Å²) in [7, 11) is 2.09. The minimum atomic E-state index is 0.0743. The lowest BCUT2D eigenvalue weighted by atomic mass is 9.91. The maximum atomic E-state index is 6.07. The topological polar surface area (TPSA) is 4.93 Å². The van der Waals surface area contributed by atoms with Crippen molar-refractivity contribution in [2.75, 3.05) is 0 Å². The number of unbranched alkanes of at least 4 members (excludes halogenated alkanes) is 2. The van der Waals surface area contributed by atoms with Crippen LogP contribution in [0.15, 0.2) is 54.7 Å². The Morgan fingerprint density at radius 3 is 2.58 bits per heavy atom. The highest BCUT2D eigenvalue weighted by atomic mass is 35.5. The summed E-state index contributed by atoms with van der Waals surface area (Å²) in [6, 6.07) is 16.6. The molecule has 0 radical (unpaired) electrons. The average Bonchev–Trinajstić information content (AvgIpc) is 2.93. The Labute approximate surface area is 149 Å². The van der Waals surface area contributed by atoms with Crippen LogP contribution in [0, 0.1) is 11.8 Å². The minimum Gasteiger partial charge on any atom is -0.350 e. The first-order valence-corrected chi connectivity index (χ1v) is 8.86. The highest BCUT2D eigenvalue weighted by Crippen LogP contribution is 2.32. The van der Waals surface area contributed by atoms with Gasteiger partial charge in [-0.2, -0.15) is 0 Å². The van der Waals surface area contributed by atoms with Crippen LogP contribution in [0.2, 0.25) is 5.02 Å². The molecule has 0 spiro atoms. The lowest BCUT2D eigenvalue weighted by Crippen LogP contribution is -1.98. The van der Waals surface area contributed by atoms with Crippen LogP contribution in [0.3, 0.4) is 0 Å². The van der Waals surface area contributed by atoms with E-state index in [-0.39, 0.29) is 5.92 Å². The summed E-state index contributed by atoms with van der Waals surface area (Å²) >= 11 is 6.07. The third kappa shape index (κ3) is 3.50. The number of hydrogen-bond acceptors (Lipinski definition) is 0. The molecule has 0 bridgehead atoms. The van der Waals surface area contributed by atoms with Gasteiger partial charge in [-0.1, -0.05) is 61.2 Å². The van der Waals surface area contributed by atoms with Gasteiger partial charge in [0.15, 0.2) is 0 Å². The van der Waals surface area contributed by atoms with Crippen molar-refractivity contribution in [1.82, 2.24) is 4.57 Å². The number of fused-ring (bicyclic) bond motifs is 1. The van der Waals surface area contributed by atoms with Crippen molar-refractivity contribution in [2.24, 2.45) is 7.05 Å². The Kier molecular flexibility index (Phi) is 5.28. The van der Waals surface area contributed by atoms with Gasteiger partial charge in [-0.15, -0.1) is 5.92 Å². The summed E-state index contributed by atoms with van der Waals surface area (Å²) in [6.45, 7) is 2.20. The predicted molar refractivity (Wildman–Crippen MR) is 104 cm³/mol. The molecule has 0 amide bonds. The van der Waals surface area contributed by atoms with Crippen LogP contribution < -0.4 is 0 Å². The number of aryl methyl sites for hydroxylation is 1. The van der Waals surface area contributed by atoms with Crippen molar-refractivity contribution in [3.63, 3.8) is 0 Å². The number of rotatable bonds is 4. The van der Waals surface area contributed by atoms with Gasteiger partial charge in [-0.3, -0.25) is 0 Å². The minimum absolute atomic E-state index is 0.0743. The van der Waals surface area contributed by atoms with Gasteiger partial charge in [-0.25, -0.2) is 0 Å². The van der Waals surface area contributed by atoms with E-state index in [1.165, 1.54) is 28.5 Å². The van der Waals surface area contributed by atoms with Gasteiger partial charge in [0.2, 0.25) is 0 Å². The number of nitrogens with zero attached hydrogens (tertiary/aromatic N) is 1. The molecule has 122 valence electrons. The molecule has 2 heteroatoms. The molecule has 2 aromatic carbocycles. The average molecular weight is 336 g/mol. The molecule has 0 aliphatic rings. The van der Waals surface area contributed by atoms with Gasteiger partial charge in [0.25, 0.3) is 0 Å². The Morgan fingerprint density at radius 2 is 1.83 bits per heavy atom. The fraction of sp³-hybridized carbons (Fsp3) is 0.273. The molecular formula is C22H22ClN. The maximum absolute atomic E-state index is 6.07. The van der Waals surface area contributed by atoms with E-state index >= 15 is 0 Å². The molecule has 1 aromatic heterocycles. The number of benzene rings is 2. The molecule has 0 fully saturated rings. The molecule has 0 aliphatic heterocycles. The van der Waals surface area contributed by atoms with E-state index in [4.69, 9.17) is 11.6 Å². The van der Waals surface area contributed by atoms with Gasteiger partial charge >= 0.3 is 0 Å². The van der Waals surface area contributed by atoms with Crippen LogP contribution >= 0.6 is 11.6 Å². The Hall–Kier alpha value is -2.17. The van der Waals surface area contributed by atoms with Gasteiger partial charge in [0.05, 0.1) is 5.92 Å². The molecule has 1 nitrogen and oxygen atoms in total. The van der Waals surface area contributed by atoms with E-state index in [0.29, 0.717) is 0 Å². The normalized spacial score (nSPS) is 12.0. The lowest BCUT2D eigenvalue weighted by Gasteiger charge is -2.11. The largest absolute Gasteiger partial charge is 0.350 e. The molecule has 0 saturated heterocycles. The summed E-state index contributed by atoms with van der Waals surface area (Å²) in [4.78, 5) is 0. The van der Waals surface area contributed by atoms with Crippen molar-refractivity contribution < 1.29 is 0 Å². The molecule has 0 saturated carbocycles.